The summed E-state index contributed by atoms with van der Waals surface area (Å²) in [5, 5.41) is 2.21. The Morgan fingerprint density at radius 2 is 0.720 bits per heavy atom. The Kier molecular flexibility index (Phi) is 26.6. The van der Waals surface area contributed by atoms with Crippen molar-refractivity contribution in [1.82, 2.24) is 10.0 Å². The third kappa shape index (κ3) is 20.7. The summed E-state index contributed by atoms with van der Waals surface area (Å²) in [6.07, 6.45) is -18.9. The highest BCUT2D eigenvalue weighted by Crippen LogP contribution is 2.48. The molecule has 2 rings (SSSR count). The van der Waals surface area contributed by atoms with E-state index < -0.39 is 186 Å². The van der Waals surface area contributed by atoms with E-state index in [0.29, 0.717) is 23.9 Å². The molecule has 2 aliphatic rings. The lowest BCUT2D eigenvalue weighted by Crippen LogP contribution is -2.42. The van der Waals surface area contributed by atoms with Crippen LogP contribution >= 0.6 is 11.8 Å². The molecule has 0 aromatic heterocycles. The lowest BCUT2D eigenvalue weighted by Gasteiger charge is -2.23. The minimum absolute atomic E-state index is 0.141. The van der Waals surface area contributed by atoms with Gasteiger partial charge in [0.25, 0.3) is 15.9 Å². The average molecular weight is 1230 g/mol. The molecular weight excluding hydrogens is 1160 g/mol. The van der Waals surface area contributed by atoms with Gasteiger partial charge in [-0.25, -0.2) is 74.3 Å². The summed E-state index contributed by atoms with van der Waals surface area (Å²) in [7, 11) is -8.53. The van der Waals surface area contributed by atoms with Crippen LogP contribution in [0, 0.1) is 0 Å². The molecule has 0 saturated heterocycles. The van der Waals surface area contributed by atoms with Gasteiger partial charge in [0, 0.05) is 6.92 Å². The van der Waals surface area contributed by atoms with Gasteiger partial charge in [0.05, 0.1) is 11.3 Å². The number of rotatable bonds is 28. The Morgan fingerprint density at radius 3 is 0.963 bits per heavy atom. The highest BCUT2D eigenvalue weighted by Gasteiger charge is 2.45. The minimum Gasteiger partial charge on any atom is -0.451 e. The predicted octanol–water partition coefficient (Wildman–Crippen LogP) is -0.382. The summed E-state index contributed by atoms with van der Waals surface area (Å²) in [4.78, 5) is 162. The Morgan fingerprint density at radius 1 is 0.476 bits per heavy atom. The van der Waals surface area contributed by atoms with E-state index in [0.717, 1.165) is 83.1 Å². The van der Waals surface area contributed by atoms with Crippen molar-refractivity contribution in [3.05, 3.63) is 20.1 Å². The summed E-state index contributed by atoms with van der Waals surface area (Å²) >= 11 is 0.464. The second-order valence-corrected chi connectivity index (χ2v) is 23.6. The second-order valence-electron chi connectivity index (χ2n) is 18.1. The van der Waals surface area contributed by atoms with Crippen LogP contribution in [0.3, 0.4) is 0 Å². The molecule has 460 valence electrons. The number of sulfone groups is 1. The first kappa shape index (κ1) is 70.9. The number of nitrogens with one attached hydrogen (secondary N) is 2. The van der Waals surface area contributed by atoms with Crippen LogP contribution in [0.1, 0.15) is 110 Å². The summed E-state index contributed by atoms with van der Waals surface area (Å²) in [6, 6.07) is -0.756. The Labute approximate surface area is 475 Å². The minimum atomic E-state index is -4.69. The maximum atomic E-state index is 13.2. The van der Waals surface area contributed by atoms with Gasteiger partial charge in [0.15, 0.2) is 83.1 Å². The number of thioether (sulfide) groups is 1. The van der Waals surface area contributed by atoms with Crippen molar-refractivity contribution in [2.75, 3.05) is 6.54 Å². The summed E-state index contributed by atoms with van der Waals surface area (Å²) < 4.78 is 112. The molecule has 0 saturated carbocycles. The van der Waals surface area contributed by atoms with Crippen molar-refractivity contribution < 1.29 is 136 Å². The van der Waals surface area contributed by atoms with Gasteiger partial charge in [0.2, 0.25) is 0 Å². The molecule has 2 heterocycles. The van der Waals surface area contributed by atoms with Crippen molar-refractivity contribution >= 4 is 109 Å². The van der Waals surface area contributed by atoms with Gasteiger partial charge in [-0.05, 0) is 115 Å². The topological polar surface area (TPSA) is 425 Å². The molecule has 2 aliphatic heterocycles. The fraction of sp³-hybridized carbons (Fsp3) is 0.646. The van der Waals surface area contributed by atoms with E-state index in [1.165, 1.54) is 19.9 Å². The van der Waals surface area contributed by atoms with E-state index in [4.69, 9.17) is 52.1 Å². The van der Waals surface area contributed by atoms with Crippen molar-refractivity contribution in [3.63, 3.8) is 0 Å². The molecule has 0 spiro atoms. The van der Waals surface area contributed by atoms with Crippen molar-refractivity contribution in [1.29, 1.82) is 0 Å². The van der Waals surface area contributed by atoms with Crippen LogP contribution in [-0.2, 0) is 139 Å². The van der Waals surface area contributed by atoms with Crippen LogP contribution in [0.2, 0.25) is 0 Å². The molecule has 0 bridgehead atoms. The Bertz CT molecular complexity index is 2790. The Balaban J connectivity index is 1.80. The van der Waals surface area contributed by atoms with Crippen LogP contribution in [-0.4, -0.2) is 185 Å². The molecule has 0 fully saturated rings. The van der Waals surface area contributed by atoms with Gasteiger partial charge in [-0.3, -0.25) is 9.59 Å². The second kappa shape index (κ2) is 30.7. The number of amides is 1. The van der Waals surface area contributed by atoms with E-state index in [2.05, 4.69) is 10.1 Å². The molecule has 0 aromatic carbocycles. The van der Waals surface area contributed by atoms with Crippen molar-refractivity contribution in [3.8, 4) is 0 Å². The monoisotopic (exact) mass is 1230 g/mol. The number of esters is 12. The number of carbonyl (C=O) groups excluding carboxylic acids is 13. The number of likely N-dealkylation sites (N-methyl/N-ethyl adjacent to an activating group) is 1. The van der Waals surface area contributed by atoms with E-state index in [1.807, 2.05) is 0 Å². The smallest absolute Gasteiger partial charge is 0.347 e. The molecule has 34 heteroatoms. The predicted molar refractivity (Wildman–Crippen MR) is 273 cm³/mol. The van der Waals surface area contributed by atoms with Gasteiger partial charge >= 0.3 is 71.6 Å². The molecular formula is C48H66N2O29S3. The molecule has 0 aromatic rings. The number of hydrogen-bond donors (Lipinski definition) is 2. The van der Waals surface area contributed by atoms with Crippen LogP contribution in [0.15, 0.2) is 20.1 Å². The molecule has 1 amide bonds. The maximum absolute atomic E-state index is 13.2. The third-order valence-corrected chi connectivity index (χ3v) is 16.7. The Hall–Kier alpha value is -7.20. The highest BCUT2D eigenvalue weighted by atomic mass is 32.3. The molecule has 0 unspecified atom stereocenters. The van der Waals surface area contributed by atoms with Gasteiger partial charge in [-0.1, -0.05) is 18.7 Å². The average Bonchev–Trinajstić information content (AvgIpc) is 3.79. The summed E-state index contributed by atoms with van der Waals surface area (Å²) in [5.74, 6) is -16.3. The fourth-order valence-corrected chi connectivity index (χ4v) is 11.3. The summed E-state index contributed by atoms with van der Waals surface area (Å²) in [6.45, 7) is 17.1. The molecule has 82 heavy (non-hydrogen) atoms. The number of sulfonamides is 1. The lowest BCUT2D eigenvalue weighted by atomic mass is 10.0. The van der Waals surface area contributed by atoms with Crippen LogP contribution < -0.4 is 10.0 Å². The van der Waals surface area contributed by atoms with Crippen LogP contribution in [0.4, 0.5) is 0 Å². The van der Waals surface area contributed by atoms with E-state index in [1.54, 1.807) is 11.6 Å². The van der Waals surface area contributed by atoms with Crippen LogP contribution in [0.5, 0.6) is 0 Å². The molecule has 0 aliphatic carbocycles. The maximum Gasteiger partial charge on any atom is 0.347 e. The standard InChI is InChI=1S/C48H66N2O29S3/c1-16-49-34-18-35(80-48-33(34)17-19(2)81(48,64)65)82(66,67)50-36(52)20(3)69-38(54)22(5)71-40(56)24(7)73-42(58)26(9)75-44(60)28(11)77-46(62)30(13)79-47(63)31(14)78-45(61)29(12)76-43(59)27(10)74-41(57)25(8)72-39(55)23(6)70-37(53)21(4)68-32(15)51/h18-31,34,49H,16-17H2,1-15H3,(H,50,52)/t19-,20-,21-,22-,23-,24-,25-,26-,27-,28-,29-,30-,31-,34-/m0/s1. The van der Waals surface area contributed by atoms with Crippen molar-refractivity contribution in [2.45, 2.75) is 195 Å². The number of carbonyl (C=O) groups is 13. The fourth-order valence-electron chi connectivity index (χ4n) is 6.22. The van der Waals surface area contributed by atoms with E-state index in [9.17, 15) is 79.2 Å². The molecule has 14 atom stereocenters. The van der Waals surface area contributed by atoms with Crippen LogP contribution in [0.25, 0.3) is 0 Å². The van der Waals surface area contributed by atoms with Gasteiger partial charge in [0.1, 0.15) is 8.47 Å². The van der Waals surface area contributed by atoms with Gasteiger partial charge < -0.3 is 62.2 Å². The first-order valence-electron chi connectivity index (χ1n) is 24.8. The number of hydrogen-bond acceptors (Lipinski definition) is 31. The largest absolute Gasteiger partial charge is 0.451 e. The summed E-state index contributed by atoms with van der Waals surface area (Å²) in [5.41, 5.74) is 0.490. The van der Waals surface area contributed by atoms with E-state index >= 15 is 0 Å². The zero-order valence-electron chi connectivity index (χ0n) is 47.1. The number of ether oxygens (including phenoxy) is 12. The molecule has 2 N–H and O–H groups in total. The first-order chi connectivity index (χ1) is 37.7. The first-order valence-corrected chi connectivity index (χ1v) is 28.7. The van der Waals surface area contributed by atoms with Gasteiger partial charge in [-0.15, -0.1) is 0 Å². The van der Waals surface area contributed by atoms with E-state index in [-0.39, 0.29) is 10.7 Å². The SMILES string of the molecule is CCN[C@H]1C=C(S(=O)(=O)NC(=O)[C@H](C)OC(=O)[C@H](C)OC(=O)[C@H](C)OC(=O)[C@H](C)OC(=O)[C@H](C)OC(=O)[C@H](C)OC(=O)[C@H](C)OC(=O)[C@H](C)OC(=O)[C@H](C)OC(=O)[C@H](C)OC(=O)[C@H](C)OC(=O)[C@H](C)OC(C)=O)SC2=C1C[C@H](C)S2(=O)=O. The van der Waals surface area contributed by atoms with Gasteiger partial charge in [-0.2, -0.15) is 0 Å². The zero-order valence-corrected chi connectivity index (χ0v) is 49.6. The zero-order chi connectivity index (χ0) is 63.0. The quantitative estimate of drug-likeness (QED) is 0.0744. The third-order valence-electron chi connectivity index (χ3n) is 10.9. The highest BCUT2D eigenvalue weighted by molar-refractivity contribution is 8.28. The lowest BCUT2D eigenvalue weighted by molar-refractivity contribution is -0.190. The van der Waals surface area contributed by atoms with Crippen molar-refractivity contribution in [2.24, 2.45) is 0 Å². The normalized spacial score (nSPS) is 19.8. The molecule has 0 radical (unpaired) electrons. The molecule has 31 nitrogen and oxygen atoms in total.